The molecule has 1 unspecified atom stereocenters. The van der Waals surface area contributed by atoms with E-state index >= 15 is 0 Å². The zero-order valence-corrected chi connectivity index (χ0v) is 20.6. The molecule has 0 aromatic heterocycles. The maximum absolute atomic E-state index is 6.29. The van der Waals surface area contributed by atoms with Crippen LogP contribution in [0.5, 0.6) is 0 Å². The van der Waals surface area contributed by atoms with Gasteiger partial charge in [-0.05, 0) is 36.8 Å². The molecule has 0 heterocycles. The fourth-order valence-corrected chi connectivity index (χ4v) is 5.98. The fraction of sp³-hybridized carbons (Fsp3) is 0.429. The molecule has 31 heavy (non-hydrogen) atoms. The highest BCUT2D eigenvalue weighted by Gasteiger charge is 2.42. The van der Waals surface area contributed by atoms with E-state index in [9.17, 15) is 0 Å². The summed E-state index contributed by atoms with van der Waals surface area (Å²) in [5, 5.41) is 0. The van der Waals surface area contributed by atoms with Crippen molar-refractivity contribution in [2.24, 2.45) is 11.3 Å². The van der Waals surface area contributed by atoms with Gasteiger partial charge in [0.1, 0.15) is 0 Å². The summed E-state index contributed by atoms with van der Waals surface area (Å²) in [4.78, 5) is 0. The highest BCUT2D eigenvalue weighted by Crippen LogP contribution is 2.47. The number of ether oxygens (including phenoxy) is 2. The van der Waals surface area contributed by atoms with Crippen LogP contribution in [0.15, 0.2) is 84.1 Å². The lowest BCUT2D eigenvalue weighted by Crippen LogP contribution is -2.30. The van der Waals surface area contributed by atoms with Crippen LogP contribution in [0.4, 0.5) is 0 Å². The molecule has 1 aliphatic carbocycles. The molecule has 3 heteroatoms. The lowest BCUT2D eigenvalue weighted by molar-refractivity contribution is -0.0298. The van der Waals surface area contributed by atoms with E-state index in [1.54, 1.807) is 5.57 Å². The van der Waals surface area contributed by atoms with E-state index in [1.165, 1.54) is 11.1 Å². The molecule has 2 aromatic carbocycles. The predicted octanol–water partition coefficient (Wildman–Crippen LogP) is 7.20. The normalized spacial score (nSPS) is 20.0. The Morgan fingerprint density at radius 2 is 1.39 bits per heavy atom. The zero-order chi connectivity index (χ0) is 22.2. The summed E-state index contributed by atoms with van der Waals surface area (Å²) in [6.45, 7) is 12.2. The highest BCUT2D eigenvalue weighted by molar-refractivity contribution is 6.81. The van der Waals surface area contributed by atoms with Gasteiger partial charge >= 0.3 is 0 Å². The number of hydrogen-bond donors (Lipinski definition) is 0. The standard InChI is InChI=1S/C28H38O2Si/c1-5-12-26-17-28(18-27(26)21-31(2,3)4,22-29-19-24-13-8-6-9-14-24)23-30-20-25-15-10-7-11-16-25/h5-16,21,26H,17-20,22-23H2,1-4H3/b12-5-,27-21+. The van der Waals surface area contributed by atoms with Crippen molar-refractivity contribution in [1.29, 1.82) is 0 Å². The Kier molecular flexibility index (Phi) is 8.48. The minimum Gasteiger partial charge on any atom is -0.376 e. The minimum absolute atomic E-state index is 0.0270. The van der Waals surface area contributed by atoms with E-state index in [1.807, 2.05) is 0 Å². The second-order valence-electron chi connectivity index (χ2n) is 10.1. The van der Waals surface area contributed by atoms with Crippen molar-refractivity contribution in [3.8, 4) is 0 Å². The quantitative estimate of drug-likeness (QED) is 0.291. The molecule has 1 saturated carbocycles. The van der Waals surface area contributed by atoms with Crippen LogP contribution >= 0.6 is 0 Å². The molecule has 0 spiro atoms. The summed E-state index contributed by atoms with van der Waals surface area (Å²) >= 11 is 0. The van der Waals surface area contributed by atoms with Crippen molar-refractivity contribution in [3.63, 3.8) is 0 Å². The van der Waals surface area contributed by atoms with Gasteiger partial charge in [-0.25, -0.2) is 0 Å². The van der Waals surface area contributed by atoms with E-state index in [2.05, 4.69) is 105 Å². The van der Waals surface area contributed by atoms with Gasteiger partial charge in [0, 0.05) is 5.41 Å². The molecule has 0 aliphatic heterocycles. The van der Waals surface area contributed by atoms with Gasteiger partial charge in [0.15, 0.2) is 0 Å². The van der Waals surface area contributed by atoms with Crippen molar-refractivity contribution >= 4 is 8.07 Å². The second kappa shape index (κ2) is 11.1. The van der Waals surface area contributed by atoms with E-state index in [0.717, 1.165) is 26.1 Å². The van der Waals surface area contributed by atoms with Gasteiger partial charge in [-0.15, -0.1) is 0 Å². The number of benzene rings is 2. The third kappa shape index (κ3) is 7.60. The summed E-state index contributed by atoms with van der Waals surface area (Å²) < 4.78 is 12.6. The summed E-state index contributed by atoms with van der Waals surface area (Å²) in [7, 11) is -1.30. The van der Waals surface area contributed by atoms with Crippen molar-refractivity contribution in [3.05, 3.63) is 95.2 Å². The molecule has 1 aliphatic rings. The molecule has 0 amide bonds. The second-order valence-corrected chi connectivity index (χ2v) is 15.1. The molecule has 3 rings (SSSR count). The average Bonchev–Trinajstić information content (AvgIpc) is 3.05. The van der Waals surface area contributed by atoms with Gasteiger partial charge in [-0.3, -0.25) is 0 Å². The van der Waals surface area contributed by atoms with E-state index in [4.69, 9.17) is 9.47 Å². The summed E-state index contributed by atoms with van der Waals surface area (Å²) in [5.74, 6) is 0.498. The molecule has 2 nitrogen and oxygen atoms in total. The number of rotatable bonds is 10. The Bertz CT molecular complexity index is 804. The van der Waals surface area contributed by atoms with Crippen LogP contribution in [0.3, 0.4) is 0 Å². The van der Waals surface area contributed by atoms with Crippen LogP contribution in [0.25, 0.3) is 0 Å². The van der Waals surface area contributed by atoms with Gasteiger partial charge in [0.2, 0.25) is 0 Å². The van der Waals surface area contributed by atoms with Crippen LogP contribution in [0, 0.1) is 11.3 Å². The Morgan fingerprint density at radius 3 is 1.84 bits per heavy atom. The molecular formula is C28H38O2Si. The summed E-state index contributed by atoms with van der Waals surface area (Å²) in [6, 6.07) is 20.9. The molecule has 1 atom stereocenters. The first kappa shape index (κ1) is 23.7. The van der Waals surface area contributed by atoms with Crippen LogP contribution in [0.1, 0.15) is 30.9 Å². The highest BCUT2D eigenvalue weighted by atomic mass is 28.3. The fourth-order valence-electron chi connectivity index (χ4n) is 4.55. The SMILES string of the molecule is C/C=C\C1CC(COCc2ccccc2)(COCc2ccccc2)C/C1=C\[Si](C)(C)C. The molecule has 0 N–H and O–H groups in total. The molecule has 0 radical (unpaired) electrons. The Balaban J connectivity index is 1.73. The molecule has 166 valence electrons. The molecule has 0 saturated heterocycles. The van der Waals surface area contributed by atoms with Gasteiger partial charge in [0.05, 0.1) is 34.5 Å². The largest absolute Gasteiger partial charge is 0.376 e. The van der Waals surface area contributed by atoms with Gasteiger partial charge in [-0.1, -0.05) is 104 Å². The first-order chi connectivity index (χ1) is 14.9. The third-order valence-electron chi connectivity index (χ3n) is 5.79. The Morgan fingerprint density at radius 1 is 0.871 bits per heavy atom. The Hall–Kier alpha value is -1.94. The molecular weight excluding hydrogens is 396 g/mol. The van der Waals surface area contributed by atoms with Gasteiger partial charge < -0.3 is 9.47 Å². The average molecular weight is 435 g/mol. The molecule has 2 aromatic rings. The maximum Gasteiger partial charge on any atom is 0.0717 e. The van der Waals surface area contributed by atoms with Crippen molar-refractivity contribution in [2.45, 2.75) is 52.6 Å². The van der Waals surface area contributed by atoms with Crippen LogP contribution < -0.4 is 0 Å². The van der Waals surface area contributed by atoms with E-state index in [-0.39, 0.29) is 5.41 Å². The number of allylic oxidation sites excluding steroid dienone is 3. The van der Waals surface area contributed by atoms with Crippen molar-refractivity contribution in [2.75, 3.05) is 13.2 Å². The topological polar surface area (TPSA) is 18.5 Å². The van der Waals surface area contributed by atoms with Crippen molar-refractivity contribution in [1.82, 2.24) is 0 Å². The molecule has 0 bridgehead atoms. The van der Waals surface area contributed by atoms with Gasteiger partial charge in [0.25, 0.3) is 0 Å². The first-order valence-electron chi connectivity index (χ1n) is 11.5. The summed E-state index contributed by atoms with van der Waals surface area (Å²) in [5.41, 5.74) is 6.67. The van der Waals surface area contributed by atoms with E-state index < -0.39 is 8.07 Å². The lowest BCUT2D eigenvalue weighted by atomic mass is 9.87. The van der Waals surface area contributed by atoms with Crippen LogP contribution in [0.2, 0.25) is 19.6 Å². The monoisotopic (exact) mass is 434 g/mol. The van der Waals surface area contributed by atoms with E-state index in [0.29, 0.717) is 19.1 Å². The number of hydrogen-bond acceptors (Lipinski definition) is 2. The molecule has 1 fully saturated rings. The smallest absolute Gasteiger partial charge is 0.0717 e. The predicted molar refractivity (Wildman–Crippen MR) is 134 cm³/mol. The van der Waals surface area contributed by atoms with Gasteiger partial charge in [-0.2, -0.15) is 0 Å². The third-order valence-corrected chi connectivity index (χ3v) is 7.03. The van der Waals surface area contributed by atoms with Crippen molar-refractivity contribution < 1.29 is 9.47 Å². The first-order valence-corrected chi connectivity index (χ1v) is 15.0. The summed E-state index contributed by atoms with van der Waals surface area (Å²) in [6.07, 6.45) is 6.74. The lowest BCUT2D eigenvalue weighted by Gasteiger charge is -2.29. The minimum atomic E-state index is -1.30. The zero-order valence-electron chi connectivity index (χ0n) is 19.6. The van der Waals surface area contributed by atoms with Crippen LogP contribution in [-0.4, -0.2) is 21.3 Å². The van der Waals surface area contributed by atoms with Crippen LogP contribution in [-0.2, 0) is 22.7 Å². The maximum atomic E-state index is 6.29. The Labute approximate surface area is 190 Å².